The number of ketones is 1. The minimum absolute atomic E-state index is 0.00709. The summed E-state index contributed by atoms with van der Waals surface area (Å²) in [5.74, 6) is 0.780. The molecule has 0 aliphatic carbocycles. The van der Waals surface area contributed by atoms with E-state index in [0.29, 0.717) is 5.56 Å². The quantitative estimate of drug-likeness (QED) is 0.596. The van der Waals surface area contributed by atoms with E-state index in [1.807, 2.05) is 6.92 Å². The van der Waals surface area contributed by atoms with Gasteiger partial charge in [-0.2, -0.15) is 0 Å². The maximum Gasteiger partial charge on any atom is 0.162 e. The van der Waals surface area contributed by atoms with E-state index in [0.717, 1.165) is 12.2 Å². The highest BCUT2D eigenvalue weighted by molar-refractivity contribution is 5.93. The fraction of sp³-hybridized carbons (Fsp3) is 0.375. The van der Waals surface area contributed by atoms with Gasteiger partial charge in [0.2, 0.25) is 0 Å². The average molecular weight is 150 g/mol. The number of Topliss-reactive ketones (excluding diaryl/α,β-unsaturated/α-hetero) is 1. The number of hydrogen-bond donors (Lipinski definition) is 0. The first-order chi connectivity index (χ1) is 5.24. The van der Waals surface area contributed by atoms with Crippen LogP contribution in [0.15, 0.2) is 12.4 Å². The normalized spacial score (nSPS) is 9.64. The van der Waals surface area contributed by atoms with E-state index in [1.54, 1.807) is 12.4 Å². The second-order valence-electron chi connectivity index (χ2n) is 2.30. The van der Waals surface area contributed by atoms with Crippen molar-refractivity contribution in [2.75, 3.05) is 0 Å². The van der Waals surface area contributed by atoms with Crippen molar-refractivity contribution in [2.45, 2.75) is 20.3 Å². The highest BCUT2D eigenvalue weighted by atomic mass is 16.1. The van der Waals surface area contributed by atoms with Gasteiger partial charge in [-0.3, -0.25) is 4.79 Å². The number of nitrogens with zero attached hydrogens (tertiary/aromatic N) is 2. The minimum atomic E-state index is 0.00709. The number of aryl methyl sites for hydroxylation is 1. The lowest BCUT2D eigenvalue weighted by molar-refractivity contribution is 0.101. The standard InChI is InChI=1S/C8H10N2O/c1-3-8-9-4-7(5-10-8)6(2)11/h4-5H,3H2,1-2H3. The number of rotatable bonds is 2. The molecule has 0 aliphatic rings. The zero-order chi connectivity index (χ0) is 8.27. The van der Waals surface area contributed by atoms with E-state index < -0.39 is 0 Å². The maximum absolute atomic E-state index is 10.8. The molecule has 58 valence electrons. The molecule has 3 nitrogen and oxygen atoms in total. The van der Waals surface area contributed by atoms with Crippen LogP contribution >= 0.6 is 0 Å². The Bertz CT molecular complexity index is 253. The molecule has 0 radical (unpaired) electrons. The molecular formula is C8H10N2O. The topological polar surface area (TPSA) is 42.9 Å². The molecule has 0 bridgehead atoms. The first kappa shape index (κ1) is 7.85. The highest BCUT2D eigenvalue weighted by Gasteiger charge is 1.98. The number of carbonyl (C=O) groups excluding carboxylic acids is 1. The Labute approximate surface area is 65.5 Å². The Balaban J connectivity index is 2.91. The summed E-state index contributed by atoms with van der Waals surface area (Å²) < 4.78 is 0. The minimum Gasteiger partial charge on any atom is -0.294 e. The largest absolute Gasteiger partial charge is 0.294 e. The van der Waals surface area contributed by atoms with Gasteiger partial charge in [-0.1, -0.05) is 6.92 Å². The van der Waals surface area contributed by atoms with Gasteiger partial charge in [0.25, 0.3) is 0 Å². The summed E-state index contributed by atoms with van der Waals surface area (Å²) in [7, 11) is 0. The molecule has 0 spiro atoms. The third-order valence-electron chi connectivity index (χ3n) is 1.43. The van der Waals surface area contributed by atoms with Crippen molar-refractivity contribution in [1.29, 1.82) is 0 Å². The molecule has 1 heterocycles. The van der Waals surface area contributed by atoms with E-state index in [-0.39, 0.29) is 5.78 Å². The monoisotopic (exact) mass is 150 g/mol. The average Bonchev–Trinajstić information content (AvgIpc) is 2.05. The summed E-state index contributed by atoms with van der Waals surface area (Å²) >= 11 is 0. The summed E-state index contributed by atoms with van der Waals surface area (Å²) in [4.78, 5) is 18.7. The van der Waals surface area contributed by atoms with Crippen LogP contribution in [0.3, 0.4) is 0 Å². The molecule has 1 rings (SSSR count). The van der Waals surface area contributed by atoms with Gasteiger partial charge >= 0.3 is 0 Å². The summed E-state index contributed by atoms with van der Waals surface area (Å²) in [6, 6.07) is 0. The number of hydrogen-bond acceptors (Lipinski definition) is 3. The smallest absolute Gasteiger partial charge is 0.162 e. The lowest BCUT2D eigenvalue weighted by Gasteiger charge is -1.95. The zero-order valence-corrected chi connectivity index (χ0v) is 6.66. The first-order valence-electron chi connectivity index (χ1n) is 3.56. The van der Waals surface area contributed by atoms with Gasteiger partial charge in [0, 0.05) is 18.8 Å². The molecule has 0 N–H and O–H groups in total. The third-order valence-corrected chi connectivity index (χ3v) is 1.43. The van der Waals surface area contributed by atoms with Gasteiger partial charge in [-0.05, 0) is 6.92 Å². The van der Waals surface area contributed by atoms with Crippen LogP contribution in [0.2, 0.25) is 0 Å². The predicted octanol–water partition coefficient (Wildman–Crippen LogP) is 1.24. The van der Waals surface area contributed by atoms with Crippen LogP contribution in [0.1, 0.15) is 30.0 Å². The van der Waals surface area contributed by atoms with Gasteiger partial charge in [0.05, 0.1) is 5.56 Å². The van der Waals surface area contributed by atoms with E-state index >= 15 is 0 Å². The molecule has 0 saturated heterocycles. The van der Waals surface area contributed by atoms with E-state index in [4.69, 9.17) is 0 Å². The SMILES string of the molecule is CCc1ncc(C(C)=O)cn1. The first-order valence-corrected chi connectivity index (χ1v) is 3.56. The molecule has 3 heteroatoms. The third kappa shape index (κ3) is 1.83. The second-order valence-corrected chi connectivity index (χ2v) is 2.30. The number of carbonyl (C=O) groups is 1. The molecule has 0 atom stereocenters. The Morgan fingerprint density at radius 3 is 2.36 bits per heavy atom. The van der Waals surface area contributed by atoms with Crippen molar-refractivity contribution >= 4 is 5.78 Å². The van der Waals surface area contributed by atoms with E-state index in [2.05, 4.69) is 9.97 Å². The lowest BCUT2D eigenvalue weighted by Crippen LogP contribution is -1.98. The fourth-order valence-electron chi connectivity index (χ4n) is 0.719. The van der Waals surface area contributed by atoms with Crippen molar-refractivity contribution in [1.82, 2.24) is 9.97 Å². The van der Waals surface area contributed by atoms with Crippen LogP contribution in [0.25, 0.3) is 0 Å². The van der Waals surface area contributed by atoms with E-state index in [1.165, 1.54) is 6.92 Å². The Morgan fingerprint density at radius 2 is 2.00 bits per heavy atom. The summed E-state index contributed by atoms with van der Waals surface area (Å²) in [6.07, 6.45) is 3.93. The van der Waals surface area contributed by atoms with Crippen LogP contribution in [-0.4, -0.2) is 15.8 Å². The van der Waals surface area contributed by atoms with Crippen molar-refractivity contribution in [3.63, 3.8) is 0 Å². The molecule has 1 aromatic rings. The number of aromatic nitrogens is 2. The van der Waals surface area contributed by atoms with Gasteiger partial charge in [0.1, 0.15) is 5.82 Å². The zero-order valence-electron chi connectivity index (χ0n) is 6.66. The van der Waals surface area contributed by atoms with Crippen LogP contribution < -0.4 is 0 Å². The fourth-order valence-corrected chi connectivity index (χ4v) is 0.719. The molecule has 0 saturated carbocycles. The van der Waals surface area contributed by atoms with Crippen LogP contribution in [0.4, 0.5) is 0 Å². The van der Waals surface area contributed by atoms with E-state index in [9.17, 15) is 4.79 Å². The van der Waals surface area contributed by atoms with Gasteiger partial charge in [-0.15, -0.1) is 0 Å². The van der Waals surface area contributed by atoms with Crippen LogP contribution in [0.5, 0.6) is 0 Å². The summed E-state index contributed by atoms with van der Waals surface area (Å²) in [6.45, 7) is 3.48. The van der Waals surface area contributed by atoms with Gasteiger partial charge < -0.3 is 0 Å². The molecule has 0 unspecified atom stereocenters. The van der Waals surface area contributed by atoms with Gasteiger partial charge in [-0.25, -0.2) is 9.97 Å². The van der Waals surface area contributed by atoms with Crippen molar-refractivity contribution in [3.8, 4) is 0 Å². The Kier molecular flexibility index (Phi) is 2.31. The van der Waals surface area contributed by atoms with Gasteiger partial charge in [0.15, 0.2) is 5.78 Å². The van der Waals surface area contributed by atoms with Crippen LogP contribution in [0, 0.1) is 0 Å². The second kappa shape index (κ2) is 3.23. The molecule has 1 aromatic heterocycles. The lowest BCUT2D eigenvalue weighted by atomic mass is 10.2. The Morgan fingerprint density at radius 1 is 1.45 bits per heavy atom. The molecule has 0 fully saturated rings. The van der Waals surface area contributed by atoms with Crippen LogP contribution in [-0.2, 0) is 6.42 Å². The van der Waals surface area contributed by atoms with Crippen molar-refractivity contribution in [3.05, 3.63) is 23.8 Å². The summed E-state index contributed by atoms with van der Waals surface area (Å²) in [5, 5.41) is 0. The maximum atomic E-state index is 10.8. The molecule has 0 amide bonds. The summed E-state index contributed by atoms with van der Waals surface area (Å²) in [5.41, 5.74) is 0.571. The molecule has 0 aromatic carbocycles. The van der Waals surface area contributed by atoms with Crippen molar-refractivity contribution < 1.29 is 4.79 Å². The highest BCUT2D eigenvalue weighted by Crippen LogP contribution is 1.96. The van der Waals surface area contributed by atoms with Crippen molar-refractivity contribution in [2.24, 2.45) is 0 Å². The molecule has 0 aliphatic heterocycles. The Hall–Kier alpha value is -1.25. The molecular weight excluding hydrogens is 140 g/mol. The molecule has 11 heavy (non-hydrogen) atoms. The predicted molar refractivity (Wildman–Crippen MR) is 41.4 cm³/mol.